The Hall–Kier alpha value is -0.570. The Labute approximate surface area is 105 Å². The number of hydrogen-bond donors (Lipinski definition) is 2. The molecular formula is C14H26N2O. The van der Waals surface area contributed by atoms with Crippen molar-refractivity contribution in [2.75, 3.05) is 6.54 Å². The van der Waals surface area contributed by atoms with Gasteiger partial charge >= 0.3 is 0 Å². The van der Waals surface area contributed by atoms with E-state index in [-0.39, 0.29) is 5.91 Å². The number of carbonyl (C=O) groups excluding carboxylic acids is 1. The van der Waals surface area contributed by atoms with Crippen molar-refractivity contribution in [3.8, 4) is 0 Å². The number of hydrogen-bond acceptors (Lipinski definition) is 2. The van der Waals surface area contributed by atoms with E-state index in [2.05, 4.69) is 10.6 Å². The third-order valence-electron chi connectivity index (χ3n) is 4.11. The van der Waals surface area contributed by atoms with Crippen LogP contribution in [0.15, 0.2) is 0 Å². The smallest absolute Gasteiger partial charge is 0.221 e. The fraction of sp³-hybridized carbons (Fsp3) is 0.929. The van der Waals surface area contributed by atoms with Crippen molar-refractivity contribution in [3.63, 3.8) is 0 Å². The molecule has 0 aromatic rings. The van der Waals surface area contributed by atoms with Crippen LogP contribution in [-0.2, 0) is 4.79 Å². The van der Waals surface area contributed by atoms with Crippen LogP contribution in [0.25, 0.3) is 0 Å². The van der Waals surface area contributed by atoms with Crippen LogP contribution in [0, 0.1) is 0 Å². The van der Waals surface area contributed by atoms with Gasteiger partial charge in [0.1, 0.15) is 0 Å². The quantitative estimate of drug-likeness (QED) is 0.772. The third-order valence-corrected chi connectivity index (χ3v) is 4.11. The Morgan fingerprint density at radius 2 is 1.47 bits per heavy atom. The summed E-state index contributed by atoms with van der Waals surface area (Å²) < 4.78 is 0. The van der Waals surface area contributed by atoms with Crippen LogP contribution in [0.2, 0.25) is 0 Å². The largest absolute Gasteiger partial charge is 0.353 e. The summed E-state index contributed by atoms with van der Waals surface area (Å²) in [7, 11) is 0. The van der Waals surface area contributed by atoms with Gasteiger partial charge in [-0.05, 0) is 25.7 Å². The normalized spacial score (nSPS) is 22.8. The molecule has 0 aromatic carbocycles. The molecule has 1 amide bonds. The monoisotopic (exact) mass is 238 g/mol. The summed E-state index contributed by atoms with van der Waals surface area (Å²) in [6.07, 6.45) is 12.3. The maximum absolute atomic E-state index is 11.7. The zero-order valence-corrected chi connectivity index (χ0v) is 10.8. The molecule has 0 heterocycles. The maximum atomic E-state index is 11.7. The lowest BCUT2D eigenvalue weighted by atomic mass is 9.95. The van der Waals surface area contributed by atoms with Crippen molar-refractivity contribution in [2.24, 2.45) is 0 Å². The van der Waals surface area contributed by atoms with Crippen LogP contribution in [-0.4, -0.2) is 24.5 Å². The number of nitrogens with one attached hydrogen (secondary N) is 2. The minimum absolute atomic E-state index is 0.236. The first-order chi connectivity index (χ1) is 8.34. The lowest BCUT2D eigenvalue weighted by Gasteiger charge is -2.22. The molecule has 0 radical (unpaired) electrons. The number of carbonyl (C=O) groups is 1. The van der Waals surface area contributed by atoms with Crippen molar-refractivity contribution in [1.29, 1.82) is 0 Å². The lowest BCUT2D eigenvalue weighted by Crippen LogP contribution is -2.37. The second kappa shape index (κ2) is 7.00. The molecule has 3 nitrogen and oxygen atoms in total. The van der Waals surface area contributed by atoms with Crippen molar-refractivity contribution >= 4 is 5.91 Å². The van der Waals surface area contributed by atoms with Gasteiger partial charge in [0.15, 0.2) is 0 Å². The third kappa shape index (κ3) is 4.66. The minimum atomic E-state index is 0.236. The van der Waals surface area contributed by atoms with Crippen LogP contribution in [0.4, 0.5) is 0 Å². The molecule has 2 saturated carbocycles. The Balaban J connectivity index is 1.53. The molecular weight excluding hydrogens is 212 g/mol. The van der Waals surface area contributed by atoms with E-state index in [1.807, 2.05) is 0 Å². The van der Waals surface area contributed by atoms with Gasteiger partial charge < -0.3 is 10.6 Å². The fourth-order valence-corrected chi connectivity index (χ4v) is 3.07. The highest BCUT2D eigenvalue weighted by Crippen LogP contribution is 2.18. The molecule has 3 heteroatoms. The molecule has 2 N–H and O–H groups in total. The van der Waals surface area contributed by atoms with Crippen molar-refractivity contribution < 1.29 is 4.79 Å². The summed E-state index contributed by atoms with van der Waals surface area (Å²) in [5.74, 6) is 0.236. The highest BCUT2D eigenvalue weighted by Gasteiger charge is 2.17. The van der Waals surface area contributed by atoms with Gasteiger partial charge in [0.05, 0.1) is 0 Å². The molecule has 2 rings (SSSR count). The summed E-state index contributed by atoms with van der Waals surface area (Å²) in [6, 6.07) is 1.14. The fourth-order valence-electron chi connectivity index (χ4n) is 3.07. The molecule has 0 aromatic heterocycles. The first-order valence-corrected chi connectivity index (χ1v) is 7.37. The van der Waals surface area contributed by atoms with Crippen molar-refractivity contribution in [2.45, 2.75) is 76.3 Å². The van der Waals surface area contributed by atoms with E-state index in [1.165, 1.54) is 57.8 Å². The summed E-state index contributed by atoms with van der Waals surface area (Å²) in [6.45, 7) is 0.850. The SMILES string of the molecule is O=C(CCNC1CCCCC1)NC1CCCC1. The Morgan fingerprint density at radius 3 is 2.18 bits per heavy atom. The van der Waals surface area contributed by atoms with E-state index in [4.69, 9.17) is 0 Å². The molecule has 98 valence electrons. The highest BCUT2D eigenvalue weighted by atomic mass is 16.1. The molecule has 17 heavy (non-hydrogen) atoms. The van der Waals surface area contributed by atoms with E-state index in [0.29, 0.717) is 18.5 Å². The lowest BCUT2D eigenvalue weighted by molar-refractivity contribution is -0.121. The van der Waals surface area contributed by atoms with Gasteiger partial charge in [-0.3, -0.25) is 4.79 Å². The number of rotatable bonds is 5. The van der Waals surface area contributed by atoms with Crippen LogP contribution in [0.1, 0.15) is 64.2 Å². The van der Waals surface area contributed by atoms with Crippen molar-refractivity contribution in [3.05, 3.63) is 0 Å². The van der Waals surface area contributed by atoms with Crippen molar-refractivity contribution in [1.82, 2.24) is 10.6 Å². The van der Waals surface area contributed by atoms with E-state index in [1.54, 1.807) is 0 Å². The maximum Gasteiger partial charge on any atom is 0.221 e. The van der Waals surface area contributed by atoms with Crippen LogP contribution in [0.5, 0.6) is 0 Å². The van der Waals surface area contributed by atoms with E-state index in [9.17, 15) is 4.79 Å². The molecule has 0 unspecified atom stereocenters. The molecule has 0 bridgehead atoms. The Kier molecular flexibility index (Phi) is 5.30. The van der Waals surface area contributed by atoms with Gasteiger partial charge in [0.2, 0.25) is 5.91 Å². The minimum Gasteiger partial charge on any atom is -0.353 e. The molecule has 2 aliphatic carbocycles. The molecule has 0 aliphatic heterocycles. The second-order valence-electron chi connectivity index (χ2n) is 5.59. The van der Waals surface area contributed by atoms with Crippen LogP contribution in [0.3, 0.4) is 0 Å². The summed E-state index contributed by atoms with van der Waals surface area (Å²) in [4.78, 5) is 11.7. The zero-order chi connectivity index (χ0) is 11.9. The molecule has 0 atom stereocenters. The highest BCUT2D eigenvalue weighted by molar-refractivity contribution is 5.76. The van der Waals surface area contributed by atoms with Gasteiger partial charge in [0.25, 0.3) is 0 Å². The van der Waals surface area contributed by atoms with Gasteiger partial charge in [-0.15, -0.1) is 0 Å². The van der Waals surface area contributed by atoms with Gasteiger partial charge in [-0.2, -0.15) is 0 Å². The first kappa shape index (κ1) is 12.9. The molecule has 0 saturated heterocycles. The van der Waals surface area contributed by atoms with Gasteiger partial charge in [-0.25, -0.2) is 0 Å². The average molecular weight is 238 g/mol. The summed E-state index contributed by atoms with van der Waals surface area (Å²) in [5, 5.41) is 6.65. The molecule has 2 aliphatic rings. The molecule has 2 fully saturated rings. The summed E-state index contributed by atoms with van der Waals surface area (Å²) in [5.41, 5.74) is 0. The predicted molar refractivity (Wildman–Crippen MR) is 69.9 cm³/mol. The number of amides is 1. The van der Waals surface area contributed by atoms with E-state index in [0.717, 1.165) is 6.54 Å². The van der Waals surface area contributed by atoms with E-state index < -0.39 is 0 Å². The van der Waals surface area contributed by atoms with Gasteiger partial charge in [0, 0.05) is 25.0 Å². The predicted octanol–water partition coefficient (Wildman–Crippen LogP) is 2.36. The summed E-state index contributed by atoms with van der Waals surface area (Å²) >= 11 is 0. The Morgan fingerprint density at radius 1 is 0.882 bits per heavy atom. The topological polar surface area (TPSA) is 41.1 Å². The Bertz CT molecular complexity index is 230. The van der Waals surface area contributed by atoms with E-state index >= 15 is 0 Å². The standard InChI is InChI=1S/C14H26N2O/c17-14(16-13-8-4-5-9-13)10-11-15-12-6-2-1-3-7-12/h12-13,15H,1-11H2,(H,16,17). The first-order valence-electron chi connectivity index (χ1n) is 7.37. The second-order valence-corrected chi connectivity index (χ2v) is 5.59. The van der Waals surface area contributed by atoms with Crippen LogP contribution >= 0.6 is 0 Å². The van der Waals surface area contributed by atoms with Gasteiger partial charge in [-0.1, -0.05) is 32.1 Å². The average Bonchev–Trinajstić information content (AvgIpc) is 2.83. The molecule has 0 spiro atoms. The zero-order valence-electron chi connectivity index (χ0n) is 10.8. The van der Waals surface area contributed by atoms with Crippen LogP contribution < -0.4 is 10.6 Å².